The Morgan fingerprint density at radius 3 is 2.60 bits per heavy atom. The van der Waals surface area contributed by atoms with Crippen molar-refractivity contribution in [3.05, 3.63) is 0 Å². The van der Waals surface area contributed by atoms with Crippen LogP contribution in [0.5, 0.6) is 0 Å². The van der Waals surface area contributed by atoms with Crippen molar-refractivity contribution >= 4 is 17.9 Å². The van der Waals surface area contributed by atoms with Gasteiger partial charge in [-0.2, -0.15) is 0 Å². The molecule has 0 saturated carbocycles. The minimum atomic E-state index is 0.267. The first-order valence-corrected chi connectivity index (χ1v) is 4.39. The van der Waals surface area contributed by atoms with E-state index in [1.54, 1.807) is 0 Å². The quantitative estimate of drug-likeness (QED) is 0.334. The van der Waals surface area contributed by atoms with Gasteiger partial charge in [-0.15, -0.1) is 11.6 Å². The minimum absolute atomic E-state index is 0.267. The second-order valence-corrected chi connectivity index (χ2v) is 2.87. The summed E-state index contributed by atoms with van der Waals surface area (Å²) in [5.74, 6) is 0.984. The molecule has 0 spiro atoms. The summed E-state index contributed by atoms with van der Waals surface area (Å²) in [7, 11) is 0. The lowest BCUT2D eigenvalue weighted by atomic mass is 10.0. The number of hydrogen-bond acceptors (Lipinski definition) is 1. The second-order valence-electron chi connectivity index (χ2n) is 2.49. The highest BCUT2D eigenvalue weighted by Crippen LogP contribution is 2.09. The highest BCUT2D eigenvalue weighted by atomic mass is 35.5. The molecule has 0 aliphatic carbocycles. The molecule has 1 nitrogen and oxygen atoms in total. The fourth-order valence-corrected chi connectivity index (χ4v) is 1.06. The van der Waals surface area contributed by atoms with Gasteiger partial charge in [0.1, 0.15) is 6.29 Å². The molecule has 0 aromatic carbocycles. The predicted octanol–water partition coefficient (Wildman–Crippen LogP) is 2.62. The van der Waals surface area contributed by atoms with Gasteiger partial charge in [0.2, 0.25) is 0 Å². The van der Waals surface area contributed by atoms with E-state index in [0.717, 1.165) is 37.8 Å². The molecule has 1 unspecified atom stereocenters. The Hall–Kier alpha value is -0.0400. The summed E-state index contributed by atoms with van der Waals surface area (Å²) in [5.41, 5.74) is 0. The van der Waals surface area contributed by atoms with Crippen LogP contribution < -0.4 is 0 Å². The molecule has 0 bridgehead atoms. The van der Waals surface area contributed by atoms with Crippen LogP contribution >= 0.6 is 11.6 Å². The maximum Gasteiger partial charge on any atom is 0.123 e. The van der Waals surface area contributed by atoms with Gasteiger partial charge < -0.3 is 4.79 Å². The van der Waals surface area contributed by atoms with Crippen LogP contribution in [0.1, 0.15) is 32.6 Å². The van der Waals surface area contributed by atoms with Crippen LogP contribution in [0.2, 0.25) is 0 Å². The molecule has 60 valence electrons. The lowest BCUT2D eigenvalue weighted by molar-refractivity contribution is -0.111. The van der Waals surface area contributed by atoms with Crippen molar-refractivity contribution in [1.82, 2.24) is 0 Å². The predicted molar refractivity (Wildman–Crippen MR) is 44.4 cm³/mol. The Balaban J connectivity index is 3.17. The average molecular weight is 163 g/mol. The van der Waals surface area contributed by atoms with E-state index < -0.39 is 0 Å². The molecule has 0 fully saturated rings. The Morgan fingerprint density at radius 1 is 1.50 bits per heavy atom. The second kappa shape index (κ2) is 7.07. The van der Waals surface area contributed by atoms with E-state index >= 15 is 0 Å². The summed E-state index contributed by atoms with van der Waals surface area (Å²) in [4.78, 5) is 10.3. The maximum atomic E-state index is 10.3. The van der Waals surface area contributed by atoms with E-state index in [1.807, 2.05) is 6.92 Å². The van der Waals surface area contributed by atoms with Gasteiger partial charge in [0.05, 0.1) is 0 Å². The Bertz CT molecular complexity index is 83.3. The molecule has 2 heteroatoms. The summed E-state index contributed by atoms with van der Waals surface area (Å²) in [6.45, 7) is 2.04. The highest BCUT2D eigenvalue weighted by molar-refractivity contribution is 6.17. The lowest BCUT2D eigenvalue weighted by Crippen LogP contribution is -1.99. The van der Waals surface area contributed by atoms with Crippen LogP contribution in [0.15, 0.2) is 0 Å². The number of rotatable bonds is 6. The number of hydrogen-bond donors (Lipinski definition) is 0. The fourth-order valence-electron chi connectivity index (χ4n) is 0.869. The number of carbonyl (C=O) groups is 1. The van der Waals surface area contributed by atoms with Gasteiger partial charge in [-0.25, -0.2) is 0 Å². The molecular weight excluding hydrogens is 148 g/mol. The highest BCUT2D eigenvalue weighted by Gasteiger charge is 2.02. The summed E-state index contributed by atoms with van der Waals surface area (Å²) < 4.78 is 0. The van der Waals surface area contributed by atoms with Gasteiger partial charge in [0, 0.05) is 11.8 Å². The Kier molecular flexibility index (Phi) is 7.04. The van der Waals surface area contributed by atoms with Crippen LogP contribution in [-0.4, -0.2) is 12.2 Å². The fraction of sp³-hybridized carbons (Fsp3) is 0.875. The molecule has 0 N–H and O–H groups in total. The van der Waals surface area contributed by atoms with Crippen molar-refractivity contribution in [2.24, 2.45) is 5.92 Å². The normalized spacial score (nSPS) is 13.0. The van der Waals surface area contributed by atoms with Crippen LogP contribution in [-0.2, 0) is 4.79 Å². The van der Waals surface area contributed by atoms with Crippen LogP contribution in [0.25, 0.3) is 0 Å². The minimum Gasteiger partial charge on any atom is -0.303 e. The number of carbonyl (C=O) groups excluding carboxylic acids is 1. The first kappa shape index (κ1) is 9.96. The van der Waals surface area contributed by atoms with Crippen molar-refractivity contribution in [1.29, 1.82) is 0 Å². The molecule has 0 aliphatic heterocycles. The van der Waals surface area contributed by atoms with Gasteiger partial charge in [-0.05, 0) is 19.3 Å². The Morgan fingerprint density at radius 2 is 2.20 bits per heavy atom. The molecular formula is C8H15ClO. The topological polar surface area (TPSA) is 17.1 Å². The zero-order chi connectivity index (χ0) is 7.82. The van der Waals surface area contributed by atoms with Crippen molar-refractivity contribution in [3.63, 3.8) is 0 Å². The van der Waals surface area contributed by atoms with Crippen LogP contribution in [0.3, 0.4) is 0 Å². The Labute approximate surface area is 67.8 Å². The lowest BCUT2D eigenvalue weighted by Gasteiger charge is -2.04. The van der Waals surface area contributed by atoms with Crippen molar-refractivity contribution in [2.45, 2.75) is 32.6 Å². The zero-order valence-electron chi connectivity index (χ0n) is 6.48. The van der Waals surface area contributed by atoms with E-state index in [9.17, 15) is 4.79 Å². The zero-order valence-corrected chi connectivity index (χ0v) is 7.23. The van der Waals surface area contributed by atoms with Gasteiger partial charge >= 0.3 is 0 Å². The number of alkyl halides is 1. The first-order valence-electron chi connectivity index (χ1n) is 3.86. The van der Waals surface area contributed by atoms with Crippen LogP contribution in [0.4, 0.5) is 0 Å². The third-order valence-electron chi connectivity index (χ3n) is 1.68. The van der Waals surface area contributed by atoms with Gasteiger partial charge in [-0.3, -0.25) is 0 Å². The van der Waals surface area contributed by atoms with Crippen molar-refractivity contribution in [2.75, 3.05) is 5.88 Å². The van der Waals surface area contributed by atoms with Gasteiger partial charge in [0.25, 0.3) is 0 Å². The van der Waals surface area contributed by atoms with E-state index in [-0.39, 0.29) is 5.92 Å². The van der Waals surface area contributed by atoms with Crippen LogP contribution in [0, 0.1) is 5.92 Å². The van der Waals surface area contributed by atoms with Crippen molar-refractivity contribution < 1.29 is 4.79 Å². The molecule has 0 radical (unpaired) electrons. The first-order chi connectivity index (χ1) is 4.85. The van der Waals surface area contributed by atoms with Gasteiger partial charge in [0.15, 0.2) is 0 Å². The summed E-state index contributed by atoms with van der Waals surface area (Å²) >= 11 is 5.48. The van der Waals surface area contributed by atoms with Crippen molar-refractivity contribution in [3.8, 4) is 0 Å². The van der Waals surface area contributed by atoms with E-state index in [0.29, 0.717) is 0 Å². The molecule has 0 saturated heterocycles. The third kappa shape index (κ3) is 4.80. The molecule has 0 amide bonds. The van der Waals surface area contributed by atoms with Gasteiger partial charge in [-0.1, -0.05) is 13.3 Å². The number of halogens is 1. The summed E-state index contributed by atoms with van der Waals surface area (Å²) in [5, 5.41) is 0. The standard InChI is InChI=1S/C8H15ClO/c1-2-8(7-10)5-3-4-6-9/h7-8H,2-6H2,1H3. The molecule has 0 aliphatic rings. The van der Waals surface area contributed by atoms with E-state index in [4.69, 9.17) is 11.6 Å². The van der Waals surface area contributed by atoms with E-state index in [1.165, 1.54) is 0 Å². The smallest absolute Gasteiger partial charge is 0.123 e. The SMILES string of the molecule is CCC(C=O)CCCCCl. The molecule has 10 heavy (non-hydrogen) atoms. The maximum absolute atomic E-state index is 10.3. The molecule has 0 aromatic rings. The monoisotopic (exact) mass is 162 g/mol. The molecule has 1 atom stereocenters. The molecule has 0 heterocycles. The third-order valence-corrected chi connectivity index (χ3v) is 1.94. The summed E-state index contributed by atoms with van der Waals surface area (Å²) in [6, 6.07) is 0. The summed E-state index contributed by atoms with van der Waals surface area (Å²) in [6.07, 6.45) is 5.14. The average Bonchev–Trinajstić information content (AvgIpc) is 1.99. The van der Waals surface area contributed by atoms with E-state index in [2.05, 4.69) is 0 Å². The molecule has 0 rings (SSSR count). The molecule has 0 aromatic heterocycles. The largest absolute Gasteiger partial charge is 0.303 e. The number of aldehydes is 1. The number of unbranched alkanes of at least 4 members (excludes halogenated alkanes) is 1.